The summed E-state index contributed by atoms with van der Waals surface area (Å²) in [6.45, 7) is 1.99. The zero-order valence-electron chi connectivity index (χ0n) is 7.66. The number of hydrogen-bond donors (Lipinski definition) is 2. The predicted octanol–water partition coefficient (Wildman–Crippen LogP) is 0.350. The van der Waals surface area contributed by atoms with Crippen LogP contribution in [0.3, 0.4) is 0 Å². The van der Waals surface area contributed by atoms with Gasteiger partial charge in [-0.3, -0.25) is 4.79 Å². The number of hydrogen-bond acceptors (Lipinski definition) is 2. The van der Waals surface area contributed by atoms with E-state index in [2.05, 4.69) is 0 Å². The number of rotatable bonds is 3. The monoisotopic (exact) mass is 178 g/mol. The fourth-order valence-corrected chi connectivity index (χ4v) is 1.18. The number of primary amides is 1. The van der Waals surface area contributed by atoms with Gasteiger partial charge >= 0.3 is 0 Å². The summed E-state index contributed by atoms with van der Waals surface area (Å²) in [4.78, 5) is 10.7. The summed E-state index contributed by atoms with van der Waals surface area (Å²) < 4.78 is 0. The normalized spacial score (nSPS) is 12.5. The maximum Gasteiger partial charge on any atom is 0.234 e. The number of carbonyl (C=O) groups excluding carboxylic acids is 1. The molecule has 0 aliphatic heterocycles. The van der Waals surface area contributed by atoms with E-state index in [1.807, 2.05) is 31.2 Å². The molecule has 0 saturated carbocycles. The molecule has 0 heterocycles. The lowest BCUT2D eigenvalue weighted by Gasteiger charge is -2.09. The number of aryl methyl sites for hydroxylation is 1. The van der Waals surface area contributed by atoms with E-state index in [-0.39, 0.29) is 0 Å². The van der Waals surface area contributed by atoms with Gasteiger partial charge in [0.25, 0.3) is 0 Å². The molecule has 3 heteroatoms. The van der Waals surface area contributed by atoms with Crippen LogP contribution in [0.2, 0.25) is 0 Å². The van der Waals surface area contributed by atoms with Gasteiger partial charge in [-0.05, 0) is 24.5 Å². The molecule has 0 radical (unpaired) electrons. The average molecular weight is 178 g/mol. The van der Waals surface area contributed by atoms with E-state index in [9.17, 15) is 4.79 Å². The zero-order valence-corrected chi connectivity index (χ0v) is 7.66. The first-order chi connectivity index (χ1) is 6.11. The van der Waals surface area contributed by atoms with Gasteiger partial charge in [-0.15, -0.1) is 0 Å². The van der Waals surface area contributed by atoms with E-state index in [0.29, 0.717) is 6.42 Å². The molecule has 0 aromatic heterocycles. The number of carbonyl (C=O) groups is 1. The van der Waals surface area contributed by atoms with Crippen LogP contribution in [0.5, 0.6) is 0 Å². The Hall–Kier alpha value is -1.35. The molecule has 0 aliphatic rings. The number of nitrogens with two attached hydrogens (primary N) is 2. The van der Waals surface area contributed by atoms with Crippen molar-refractivity contribution in [2.45, 2.75) is 19.4 Å². The van der Waals surface area contributed by atoms with Crippen molar-refractivity contribution in [3.8, 4) is 0 Å². The zero-order chi connectivity index (χ0) is 9.84. The first kappa shape index (κ1) is 9.74. The molecule has 3 nitrogen and oxygen atoms in total. The molecule has 0 saturated heterocycles. The highest BCUT2D eigenvalue weighted by Gasteiger charge is 2.10. The molecule has 4 N–H and O–H groups in total. The van der Waals surface area contributed by atoms with Crippen LogP contribution in [-0.2, 0) is 11.2 Å². The van der Waals surface area contributed by atoms with Crippen LogP contribution in [-0.4, -0.2) is 11.9 Å². The molecule has 1 amide bonds. The smallest absolute Gasteiger partial charge is 0.234 e. The van der Waals surface area contributed by atoms with Crippen molar-refractivity contribution in [3.63, 3.8) is 0 Å². The van der Waals surface area contributed by atoms with Crippen LogP contribution in [0.1, 0.15) is 11.1 Å². The van der Waals surface area contributed by atoms with Crippen LogP contribution < -0.4 is 11.5 Å². The molecular weight excluding hydrogens is 164 g/mol. The van der Waals surface area contributed by atoms with E-state index in [1.165, 1.54) is 0 Å². The van der Waals surface area contributed by atoms with Gasteiger partial charge in [0, 0.05) is 0 Å². The lowest BCUT2D eigenvalue weighted by atomic mass is 10.0. The van der Waals surface area contributed by atoms with E-state index >= 15 is 0 Å². The molecule has 1 aromatic carbocycles. The van der Waals surface area contributed by atoms with Crippen molar-refractivity contribution in [2.24, 2.45) is 11.5 Å². The second kappa shape index (κ2) is 4.05. The third kappa shape index (κ3) is 2.56. The van der Waals surface area contributed by atoms with Gasteiger partial charge in [-0.2, -0.15) is 0 Å². The van der Waals surface area contributed by atoms with Crippen LogP contribution in [0.15, 0.2) is 24.3 Å². The maximum atomic E-state index is 10.7. The third-order valence-corrected chi connectivity index (χ3v) is 2.07. The van der Waals surface area contributed by atoms with Gasteiger partial charge < -0.3 is 11.5 Å². The van der Waals surface area contributed by atoms with Crippen LogP contribution in [0.4, 0.5) is 0 Å². The molecule has 1 aromatic rings. The van der Waals surface area contributed by atoms with Gasteiger partial charge in [0.1, 0.15) is 0 Å². The molecule has 70 valence electrons. The number of benzene rings is 1. The molecule has 1 unspecified atom stereocenters. The van der Waals surface area contributed by atoms with E-state index < -0.39 is 11.9 Å². The van der Waals surface area contributed by atoms with E-state index in [4.69, 9.17) is 11.5 Å². The van der Waals surface area contributed by atoms with Gasteiger partial charge in [0.05, 0.1) is 6.04 Å². The van der Waals surface area contributed by atoms with E-state index in [1.54, 1.807) is 0 Å². The molecule has 13 heavy (non-hydrogen) atoms. The lowest BCUT2D eigenvalue weighted by Crippen LogP contribution is -2.38. The maximum absolute atomic E-state index is 10.7. The van der Waals surface area contributed by atoms with Crippen molar-refractivity contribution < 1.29 is 4.79 Å². The highest BCUT2D eigenvalue weighted by atomic mass is 16.1. The summed E-state index contributed by atoms with van der Waals surface area (Å²) in [6, 6.07) is 7.24. The standard InChI is InChI=1S/C10H14N2O/c1-7-4-2-3-5-8(7)6-9(11)10(12)13/h2-5,9H,6,11H2,1H3,(H2,12,13). The van der Waals surface area contributed by atoms with Crippen molar-refractivity contribution in [1.29, 1.82) is 0 Å². The fraction of sp³-hybridized carbons (Fsp3) is 0.300. The van der Waals surface area contributed by atoms with Crippen LogP contribution in [0.25, 0.3) is 0 Å². The van der Waals surface area contributed by atoms with Crippen molar-refractivity contribution >= 4 is 5.91 Å². The largest absolute Gasteiger partial charge is 0.368 e. The Balaban J connectivity index is 2.74. The Kier molecular flexibility index (Phi) is 3.03. The Morgan fingerprint density at radius 1 is 1.46 bits per heavy atom. The van der Waals surface area contributed by atoms with Gasteiger partial charge in [-0.1, -0.05) is 24.3 Å². The van der Waals surface area contributed by atoms with Crippen LogP contribution in [0, 0.1) is 6.92 Å². The molecule has 0 aliphatic carbocycles. The summed E-state index contributed by atoms with van der Waals surface area (Å²) in [7, 11) is 0. The quantitative estimate of drug-likeness (QED) is 0.701. The van der Waals surface area contributed by atoms with Crippen LogP contribution >= 0.6 is 0 Å². The Morgan fingerprint density at radius 2 is 2.08 bits per heavy atom. The molecule has 0 spiro atoms. The third-order valence-electron chi connectivity index (χ3n) is 2.07. The minimum Gasteiger partial charge on any atom is -0.368 e. The predicted molar refractivity (Wildman–Crippen MR) is 52.1 cm³/mol. The van der Waals surface area contributed by atoms with Crippen molar-refractivity contribution in [1.82, 2.24) is 0 Å². The molecule has 1 rings (SSSR count). The molecule has 0 bridgehead atoms. The molecule has 1 atom stereocenters. The van der Waals surface area contributed by atoms with Crippen molar-refractivity contribution in [2.75, 3.05) is 0 Å². The first-order valence-electron chi connectivity index (χ1n) is 4.20. The van der Waals surface area contributed by atoms with Gasteiger partial charge in [0.2, 0.25) is 5.91 Å². The average Bonchev–Trinajstić information content (AvgIpc) is 2.08. The van der Waals surface area contributed by atoms with E-state index in [0.717, 1.165) is 11.1 Å². The fourth-order valence-electron chi connectivity index (χ4n) is 1.18. The second-order valence-corrected chi connectivity index (χ2v) is 3.14. The first-order valence-corrected chi connectivity index (χ1v) is 4.20. The Bertz CT molecular complexity index is 310. The molecule has 0 fully saturated rings. The minimum absolute atomic E-state index is 0.455. The Labute approximate surface area is 77.7 Å². The molecular formula is C10H14N2O. The topological polar surface area (TPSA) is 69.1 Å². The summed E-state index contributed by atoms with van der Waals surface area (Å²) in [6.07, 6.45) is 0.516. The summed E-state index contributed by atoms with van der Waals surface area (Å²) >= 11 is 0. The SMILES string of the molecule is Cc1ccccc1CC(N)C(N)=O. The highest BCUT2D eigenvalue weighted by molar-refractivity contribution is 5.79. The van der Waals surface area contributed by atoms with Gasteiger partial charge in [0.15, 0.2) is 0 Å². The lowest BCUT2D eigenvalue weighted by molar-refractivity contribution is -0.119. The Morgan fingerprint density at radius 3 is 2.62 bits per heavy atom. The summed E-state index contributed by atoms with van der Waals surface area (Å²) in [5.41, 5.74) is 12.8. The summed E-state index contributed by atoms with van der Waals surface area (Å²) in [5, 5.41) is 0. The number of amides is 1. The van der Waals surface area contributed by atoms with Crippen molar-refractivity contribution in [3.05, 3.63) is 35.4 Å². The van der Waals surface area contributed by atoms with Gasteiger partial charge in [-0.25, -0.2) is 0 Å². The second-order valence-electron chi connectivity index (χ2n) is 3.14. The highest BCUT2D eigenvalue weighted by Crippen LogP contribution is 2.08. The minimum atomic E-state index is -0.582. The summed E-state index contributed by atoms with van der Waals surface area (Å²) in [5.74, 6) is -0.455.